The van der Waals surface area contributed by atoms with Crippen molar-refractivity contribution in [1.29, 1.82) is 0 Å². The molecule has 0 atom stereocenters. The van der Waals surface area contributed by atoms with E-state index in [1.807, 2.05) is 16.9 Å². The summed E-state index contributed by atoms with van der Waals surface area (Å²) in [5.74, 6) is 0. The highest BCUT2D eigenvalue weighted by Gasteiger charge is 1.94. The molecule has 0 saturated carbocycles. The minimum atomic E-state index is 1.15. The largest absolute Gasteiger partial charge is 0.306 e. The third-order valence-electron chi connectivity index (χ3n) is 2.02. The van der Waals surface area contributed by atoms with Gasteiger partial charge in [-0.1, -0.05) is 13.3 Å². The van der Waals surface area contributed by atoms with E-state index < -0.39 is 0 Å². The Kier molecular flexibility index (Phi) is 1.82. The maximum atomic E-state index is 4.07. The summed E-state index contributed by atoms with van der Waals surface area (Å²) in [5, 5.41) is 0. The fourth-order valence-corrected chi connectivity index (χ4v) is 1.41. The van der Waals surface area contributed by atoms with Crippen LogP contribution < -0.4 is 0 Å². The fraction of sp³-hybridized carbons (Fsp3) is 0.300. The lowest BCUT2D eigenvalue weighted by Crippen LogP contribution is -1.86. The second-order valence-electron chi connectivity index (χ2n) is 3.01. The molecule has 12 heavy (non-hydrogen) atoms. The molecule has 2 rings (SSSR count). The van der Waals surface area contributed by atoms with E-state index >= 15 is 0 Å². The van der Waals surface area contributed by atoms with Crippen molar-refractivity contribution in [3.05, 3.63) is 36.4 Å². The van der Waals surface area contributed by atoms with Crippen LogP contribution in [-0.4, -0.2) is 9.38 Å². The van der Waals surface area contributed by atoms with Crippen LogP contribution in [0.5, 0.6) is 0 Å². The second kappa shape index (κ2) is 2.97. The van der Waals surface area contributed by atoms with Crippen LogP contribution in [0, 0.1) is 0 Å². The highest BCUT2D eigenvalue weighted by Crippen LogP contribution is 2.07. The summed E-state index contributed by atoms with van der Waals surface area (Å²) in [5.41, 5.74) is 2.58. The highest BCUT2D eigenvalue weighted by molar-refractivity contribution is 5.46. The molecule has 0 fully saturated rings. The van der Waals surface area contributed by atoms with Crippen molar-refractivity contribution in [2.45, 2.75) is 19.8 Å². The summed E-state index contributed by atoms with van der Waals surface area (Å²) in [6.07, 6.45) is 8.13. The minimum Gasteiger partial charge on any atom is -0.306 e. The third-order valence-corrected chi connectivity index (χ3v) is 2.02. The first kappa shape index (κ1) is 7.35. The Morgan fingerprint density at radius 1 is 1.50 bits per heavy atom. The van der Waals surface area contributed by atoms with E-state index in [1.54, 1.807) is 0 Å². The van der Waals surface area contributed by atoms with Gasteiger partial charge in [0.15, 0.2) is 0 Å². The van der Waals surface area contributed by atoms with Crippen molar-refractivity contribution in [2.75, 3.05) is 0 Å². The summed E-state index contributed by atoms with van der Waals surface area (Å²) in [6, 6.07) is 4.34. The molecule has 0 radical (unpaired) electrons. The van der Waals surface area contributed by atoms with Crippen LogP contribution in [0.2, 0.25) is 0 Å². The average molecular weight is 160 g/mol. The van der Waals surface area contributed by atoms with Crippen molar-refractivity contribution >= 4 is 5.52 Å². The van der Waals surface area contributed by atoms with E-state index in [9.17, 15) is 0 Å². The quantitative estimate of drug-likeness (QED) is 0.658. The van der Waals surface area contributed by atoms with E-state index in [2.05, 4.69) is 30.2 Å². The molecule has 0 aliphatic rings. The fourth-order valence-electron chi connectivity index (χ4n) is 1.41. The molecule has 0 unspecified atom stereocenters. The molecule has 2 aromatic rings. The molecular formula is C10H12N2. The number of pyridine rings is 1. The molecule has 0 saturated heterocycles. The van der Waals surface area contributed by atoms with E-state index in [4.69, 9.17) is 0 Å². The summed E-state index contributed by atoms with van der Waals surface area (Å²) < 4.78 is 2.03. The Labute approximate surface area is 71.9 Å². The van der Waals surface area contributed by atoms with Crippen molar-refractivity contribution in [1.82, 2.24) is 9.38 Å². The van der Waals surface area contributed by atoms with Gasteiger partial charge < -0.3 is 4.40 Å². The number of nitrogens with zero attached hydrogens (tertiary/aromatic N) is 2. The smallest absolute Gasteiger partial charge is 0.0991 e. The summed E-state index contributed by atoms with van der Waals surface area (Å²) in [4.78, 5) is 4.07. The van der Waals surface area contributed by atoms with E-state index in [1.165, 1.54) is 17.5 Å². The van der Waals surface area contributed by atoms with Crippen LogP contribution in [0.4, 0.5) is 0 Å². The maximum absolute atomic E-state index is 4.07. The number of hydrogen-bond donors (Lipinski definition) is 0. The number of aryl methyl sites for hydroxylation is 1. The van der Waals surface area contributed by atoms with Crippen LogP contribution in [0.25, 0.3) is 5.52 Å². The van der Waals surface area contributed by atoms with Gasteiger partial charge in [0.1, 0.15) is 0 Å². The van der Waals surface area contributed by atoms with Crippen molar-refractivity contribution in [2.24, 2.45) is 0 Å². The van der Waals surface area contributed by atoms with Crippen molar-refractivity contribution in [3.8, 4) is 0 Å². The Balaban J connectivity index is 2.46. The molecule has 0 aromatic carbocycles. The summed E-state index contributed by atoms with van der Waals surface area (Å²) >= 11 is 0. The van der Waals surface area contributed by atoms with Gasteiger partial charge in [0.25, 0.3) is 0 Å². The standard InChI is InChI=1S/C10H12N2/c1-2-3-9-4-5-12-8-11-7-10(12)6-9/h4-8H,2-3H2,1H3. The Morgan fingerprint density at radius 2 is 2.42 bits per heavy atom. The van der Waals surface area contributed by atoms with Gasteiger partial charge in [-0.25, -0.2) is 4.98 Å². The van der Waals surface area contributed by atoms with Gasteiger partial charge in [-0.05, 0) is 24.1 Å². The van der Waals surface area contributed by atoms with Gasteiger partial charge in [-0.2, -0.15) is 0 Å². The first-order chi connectivity index (χ1) is 5.90. The molecule has 2 heteroatoms. The van der Waals surface area contributed by atoms with E-state index in [-0.39, 0.29) is 0 Å². The Morgan fingerprint density at radius 3 is 3.25 bits per heavy atom. The molecular weight excluding hydrogens is 148 g/mol. The van der Waals surface area contributed by atoms with E-state index in [0.29, 0.717) is 0 Å². The van der Waals surface area contributed by atoms with Gasteiger partial charge in [0.2, 0.25) is 0 Å². The van der Waals surface area contributed by atoms with Gasteiger partial charge >= 0.3 is 0 Å². The summed E-state index contributed by atoms with van der Waals surface area (Å²) in [6.45, 7) is 2.20. The first-order valence-corrected chi connectivity index (χ1v) is 4.31. The van der Waals surface area contributed by atoms with Crippen LogP contribution in [0.15, 0.2) is 30.9 Å². The van der Waals surface area contributed by atoms with Gasteiger partial charge in [0, 0.05) is 6.20 Å². The zero-order valence-corrected chi connectivity index (χ0v) is 7.20. The predicted molar refractivity (Wildman–Crippen MR) is 49.2 cm³/mol. The predicted octanol–water partition coefficient (Wildman–Crippen LogP) is 2.29. The molecule has 62 valence electrons. The number of imidazole rings is 1. The molecule has 0 bridgehead atoms. The van der Waals surface area contributed by atoms with Crippen LogP contribution in [0.3, 0.4) is 0 Å². The highest BCUT2D eigenvalue weighted by atomic mass is 15.0. The van der Waals surface area contributed by atoms with Gasteiger partial charge in [-0.3, -0.25) is 0 Å². The molecule has 0 spiro atoms. The lowest BCUT2D eigenvalue weighted by Gasteiger charge is -1.98. The first-order valence-electron chi connectivity index (χ1n) is 4.31. The monoisotopic (exact) mass is 160 g/mol. The van der Waals surface area contributed by atoms with E-state index in [0.717, 1.165) is 6.42 Å². The third kappa shape index (κ3) is 1.20. The molecule has 0 aliphatic carbocycles. The number of fused-ring (bicyclic) bond motifs is 1. The SMILES string of the molecule is CCCc1ccn2cncc2c1. The van der Waals surface area contributed by atoms with Crippen molar-refractivity contribution in [3.63, 3.8) is 0 Å². The molecule has 2 aromatic heterocycles. The van der Waals surface area contributed by atoms with Gasteiger partial charge in [0.05, 0.1) is 18.0 Å². The van der Waals surface area contributed by atoms with Crippen LogP contribution in [0.1, 0.15) is 18.9 Å². The summed E-state index contributed by atoms with van der Waals surface area (Å²) in [7, 11) is 0. The molecule has 2 nitrogen and oxygen atoms in total. The van der Waals surface area contributed by atoms with Crippen molar-refractivity contribution < 1.29 is 0 Å². The van der Waals surface area contributed by atoms with Crippen LogP contribution in [-0.2, 0) is 6.42 Å². The molecule has 0 N–H and O–H groups in total. The number of rotatable bonds is 2. The average Bonchev–Trinajstić information content (AvgIpc) is 2.51. The zero-order valence-electron chi connectivity index (χ0n) is 7.20. The normalized spacial score (nSPS) is 10.8. The minimum absolute atomic E-state index is 1.15. The lowest BCUT2D eigenvalue weighted by atomic mass is 10.1. The Bertz CT molecular complexity index is 376. The molecule has 0 amide bonds. The number of hydrogen-bond acceptors (Lipinski definition) is 1. The second-order valence-corrected chi connectivity index (χ2v) is 3.01. The topological polar surface area (TPSA) is 17.3 Å². The zero-order chi connectivity index (χ0) is 8.39. The van der Waals surface area contributed by atoms with Crippen LogP contribution >= 0.6 is 0 Å². The molecule has 0 aliphatic heterocycles. The lowest BCUT2D eigenvalue weighted by molar-refractivity contribution is 0.918. The molecule has 2 heterocycles. The maximum Gasteiger partial charge on any atom is 0.0991 e. The van der Waals surface area contributed by atoms with Gasteiger partial charge in [-0.15, -0.1) is 0 Å². The number of aromatic nitrogens is 2. The Hall–Kier alpha value is -1.31.